The largest absolute Gasteiger partial charge is 0.496 e. The number of benzene rings is 1. The van der Waals surface area contributed by atoms with Gasteiger partial charge in [-0.25, -0.2) is 4.79 Å². The van der Waals surface area contributed by atoms with Crippen LogP contribution < -0.4 is 10.1 Å². The minimum absolute atomic E-state index is 0.00415. The van der Waals surface area contributed by atoms with E-state index in [1.54, 1.807) is 6.92 Å². The molecule has 0 unspecified atom stereocenters. The number of esters is 2. The third kappa shape index (κ3) is 7.09. The predicted molar refractivity (Wildman–Crippen MR) is 128 cm³/mol. The first-order valence-corrected chi connectivity index (χ1v) is 11.7. The van der Waals surface area contributed by atoms with E-state index in [9.17, 15) is 18.8 Å². The van der Waals surface area contributed by atoms with Gasteiger partial charge in [-0.05, 0) is 44.6 Å². The van der Waals surface area contributed by atoms with Gasteiger partial charge >= 0.3 is 16.5 Å². The van der Waals surface area contributed by atoms with E-state index >= 15 is 0 Å². The molecule has 34 heavy (non-hydrogen) atoms. The molecule has 1 amide bonds. The second-order valence-electron chi connectivity index (χ2n) is 8.55. The van der Waals surface area contributed by atoms with Crippen LogP contribution in [0.15, 0.2) is 11.6 Å². The second-order valence-corrected chi connectivity index (χ2v) is 9.79. The van der Waals surface area contributed by atoms with Crippen molar-refractivity contribution < 1.29 is 33.0 Å². The quantitative estimate of drug-likeness (QED) is 0.234. The van der Waals surface area contributed by atoms with Crippen molar-refractivity contribution in [3.05, 3.63) is 33.9 Å². The number of hydrogen-bond donors (Lipinski definition) is 1. The van der Waals surface area contributed by atoms with Gasteiger partial charge in [-0.3, -0.25) is 9.59 Å². The number of alkyl halides is 3. The van der Waals surface area contributed by atoms with Gasteiger partial charge in [0.15, 0.2) is 0 Å². The van der Waals surface area contributed by atoms with Gasteiger partial charge in [0.25, 0.3) is 5.91 Å². The zero-order chi connectivity index (χ0) is 25.6. The smallest absolute Gasteiger partial charge is 0.341 e. The van der Waals surface area contributed by atoms with Crippen LogP contribution in [0.25, 0.3) is 0 Å². The molecule has 0 atom stereocenters. The maximum atomic E-state index is 13.8. The number of fused-ring (bicyclic) bond motifs is 1. The first kappa shape index (κ1) is 27.9. The van der Waals surface area contributed by atoms with Crippen molar-refractivity contribution in [2.75, 3.05) is 19.0 Å². The number of allylic oxidation sites excluding steroid dienone is 2. The van der Waals surface area contributed by atoms with Gasteiger partial charge in [0, 0.05) is 17.5 Å². The highest BCUT2D eigenvalue weighted by Crippen LogP contribution is 2.42. The monoisotopic (exact) mass is 517 g/mol. The maximum absolute atomic E-state index is 13.8. The summed E-state index contributed by atoms with van der Waals surface area (Å²) in [5.41, 5.74) is 2.65. The number of nitrogens with one attached hydrogen (secondary N) is 1. The molecular weight excluding hydrogens is 488 g/mol. The van der Waals surface area contributed by atoms with Crippen LogP contribution in [0.1, 0.15) is 67.1 Å². The lowest BCUT2D eigenvalue weighted by molar-refractivity contribution is -0.143. The number of anilines is 1. The topological polar surface area (TPSA) is 90.9 Å². The van der Waals surface area contributed by atoms with E-state index in [1.165, 1.54) is 7.11 Å². The summed E-state index contributed by atoms with van der Waals surface area (Å²) in [4.78, 5) is 36.6. The molecule has 0 saturated heterocycles. The van der Waals surface area contributed by atoms with Crippen LogP contribution >= 0.6 is 23.2 Å². The summed E-state index contributed by atoms with van der Waals surface area (Å²) in [7, 11) is 1.45. The van der Waals surface area contributed by atoms with E-state index in [4.69, 9.17) is 37.4 Å². The average Bonchev–Trinajstić information content (AvgIpc) is 3.13. The van der Waals surface area contributed by atoms with E-state index in [1.807, 2.05) is 13.0 Å². The van der Waals surface area contributed by atoms with Crippen molar-refractivity contribution in [3.63, 3.8) is 0 Å². The molecule has 1 aliphatic rings. The minimum Gasteiger partial charge on any atom is -0.496 e. The Bertz CT molecular complexity index is 985. The van der Waals surface area contributed by atoms with Gasteiger partial charge in [-0.15, -0.1) is 0 Å². The van der Waals surface area contributed by atoms with Crippen LogP contribution in [0.4, 0.5) is 10.1 Å². The zero-order valence-corrected chi connectivity index (χ0v) is 21.5. The van der Waals surface area contributed by atoms with Crippen LogP contribution in [-0.4, -0.2) is 36.1 Å². The fraction of sp³-hybridized carbons (Fsp3) is 0.542. The second kappa shape index (κ2) is 11.9. The summed E-state index contributed by atoms with van der Waals surface area (Å²) in [5, 5.41) is 2.33. The summed E-state index contributed by atoms with van der Waals surface area (Å²) in [6.07, 6.45) is 3.55. The molecule has 1 aliphatic heterocycles. The summed E-state index contributed by atoms with van der Waals surface area (Å²) < 4.78 is 26.6. The Morgan fingerprint density at radius 1 is 1.29 bits per heavy atom. The van der Waals surface area contributed by atoms with Crippen LogP contribution in [0, 0.1) is 12.8 Å². The van der Waals surface area contributed by atoms with Crippen molar-refractivity contribution in [3.8, 4) is 5.75 Å². The highest BCUT2D eigenvalue weighted by molar-refractivity contribution is 6.57. The number of cyclic esters (lactones) is 1. The number of hydrogen-bond acceptors (Lipinski definition) is 6. The van der Waals surface area contributed by atoms with Gasteiger partial charge in [0.2, 0.25) is 0 Å². The molecule has 0 spiro atoms. The molecule has 1 aromatic carbocycles. The van der Waals surface area contributed by atoms with Crippen LogP contribution in [0.5, 0.6) is 5.75 Å². The average molecular weight is 518 g/mol. The highest BCUT2D eigenvalue weighted by Gasteiger charge is 2.38. The van der Waals surface area contributed by atoms with Gasteiger partial charge in [-0.1, -0.05) is 48.7 Å². The Labute approximate surface area is 208 Å². The fourth-order valence-electron chi connectivity index (χ4n) is 3.53. The fourth-order valence-corrected chi connectivity index (χ4v) is 3.63. The molecule has 0 radical (unpaired) electrons. The van der Waals surface area contributed by atoms with E-state index in [0.717, 1.165) is 12.0 Å². The number of rotatable bonds is 11. The van der Waals surface area contributed by atoms with Crippen LogP contribution in [0.3, 0.4) is 0 Å². The number of methoxy groups -OCH3 is 1. The lowest BCUT2D eigenvalue weighted by atomic mass is 9.93. The van der Waals surface area contributed by atoms with Crippen molar-refractivity contribution in [1.82, 2.24) is 0 Å². The SMILES string of the molecule is COc1c(C)c2c(c(NC(=O)C(F)(Cl)Cl)c1C/C=C(\C)CCC(=O)OCCC(C)C)C(=O)OC2. The molecule has 10 heteroatoms. The Morgan fingerprint density at radius 2 is 1.97 bits per heavy atom. The van der Waals surface area contributed by atoms with Crippen molar-refractivity contribution in [1.29, 1.82) is 0 Å². The molecule has 7 nitrogen and oxygen atoms in total. The molecule has 0 fully saturated rings. The summed E-state index contributed by atoms with van der Waals surface area (Å²) >= 11 is 10.6. The number of carbonyl (C=O) groups is 3. The van der Waals surface area contributed by atoms with Gasteiger partial charge < -0.3 is 19.5 Å². The van der Waals surface area contributed by atoms with Gasteiger partial charge in [0.05, 0.1) is 25.0 Å². The standard InChI is InChI=1S/C24H30Cl2FNO6/c1-13(2)10-11-33-18(29)9-7-14(3)6-8-16-20(28-23(31)24(25,26)27)19-17(12-34-22(19)30)15(4)21(16)32-5/h6,13H,7-12H2,1-5H3,(H,28,31)/b14-6+. The van der Waals surface area contributed by atoms with Crippen LogP contribution in [-0.2, 0) is 32.1 Å². The number of ether oxygens (including phenoxy) is 3. The molecule has 2 rings (SSSR count). The third-order valence-corrected chi connectivity index (χ3v) is 5.85. The molecule has 188 valence electrons. The first-order chi connectivity index (χ1) is 15.9. The molecule has 0 bridgehead atoms. The van der Waals surface area contributed by atoms with E-state index in [0.29, 0.717) is 41.4 Å². The Kier molecular flexibility index (Phi) is 9.76. The number of halogens is 3. The highest BCUT2D eigenvalue weighted by atomic mass is 35.5. The van der Waals surface area contributed by atoms with E-state index in [-0.39, 0.29) is 36.7 Å². The Hall–Kier alpha value is -2.32. The van der Waals surface area contributed by atoms with Crippen molar-refractivity contribution in [2.24, 2.45) is 5.92 Å². The summed E-state index contributed by atoms with van der Waals surface area (Å²) in [6.45, 7) is 8.11. The number of carbonyl (C=O) groups excluding carboxylic acids is 3. The molecule has 0 aliphatic carbocycles. The maximum Gasteiger partial charge on any atom is 0.341 e. The lowest BCUT2D eigenvalue weighted by Gasteiger charge is -2.20. The molecular formula is C24H30Cl2FNO6. The zero-order valence-electron chi connectivity index (χ0n) is 20.0. The number of amides is 1. The third-order valence-electron chi connectivity index (χ3n) is 5.51. The lowest BCUT2D eigenvalue weighted by Crippen LogP contribution is -2.29. The van der Waals surface area contributed by atoms with E-state index < -0.39 is 16.5 Å². The Morgan fingerprint density at radius 3 is 2.56 bits per heavy atom. The predicted octanol–water partition coefficient (Wildman–Crippen LogP) is 5.57. The normalized spacial score (nSPS) is 13.6. The Balaban J connectivity index is 2.30. The van der Waals surface area contributed by atoms with Crippen LogP contribution in [0.2, 0.25) is 0 Å². The summed E-state index contributed by atoms with van der Waals surface area (Å²) in [5.74, 6) is -1.41. The first-order valence-electron chi connectivity index (χ1n) is 11.0. The minimum atomic E-state index is -3.20. The molecule has 0 aromatic heterocycles. The molecule has 1 N–H and O–H groups in total. The molecule has 1 aromatic rings. The summed E-state index contributed by atoms with van der Waals surface area (Å²) in [6, 6.07) is 0. The van der Waals surface area contributed by atoms with E-state index in [2.05, 4.69) is 19.2 Å². The van der Waals surface area contributed by atoms with Crippen molar-refractivity contribution in [2.45, 2.75) is 64.6 Å². The van der Waals surface area contributed by atoms with Crippen molar-refractivity contribution >= 4 is 46.7 Å². The molecule has 0 saturated carbocycles. The molecule has 1 heterocycles. The van der Waals surface area contributed by atoms with Gasteiger partial charge in [-0.2, -0.15) is 4.39 Å². The van der Waals surface area contributed by atoms with Gasteiger partial charge in [0.1, 0.15) is 12.4 Å².